The van der Waals surface area contributed by atoms with Crippen LogP contribution in [0.1, 0.15) is 42.5 Å². The molecule has 2 aromatic rings. The molecule has 1 aromatic carbocycles. The number of aromatic nitrogens is 1. The summed E-state index contributed by atoms with van der Waals surface area (Å²) in [5.74, 6) is -0.512. The van der Waals surface area contributed by atoms with E-state index in [1.54, 1.807) is 7.11 Å². The third kappa shape index (κ3) is 9.82. The molecule has 0 saturated carbocycles. The minimum atomic E-state index is -1.13. The fraction of sp³-hybridized carbons (Fsp3) is 0.519. The number of methoxy groups -OCH3 is 1. The Morgan fingerprint density at radius 1 is 1.24 bits per heavy atom. The Kier molecular flexibility index (Phi) is 12.2. The molecule has 0 aliphatic carbocycles. The first-order valence-corrected chi connectivity index (χ1v) is 13.6. The van der Waals surface area contributed by atoms with Crippen molar-refractivity contribution >= 4 is 32.4 Å². The largest absolute Gasteiger partial charge is 0.480 e. The first-order chi connectivity index (χ1) is 18.4. The molecule has 11 heteroatoms. The standard InChI is InChI=1S/C27H38FN4O5P/c1-36-16-15-32(13-3-2-6-22-10-8-19-5-4-12-29-25(19)30-22)14-11-23(26(33)34)31-27(35)37-18-20-7-9-21(28)17-24(20)38/h7-10,17,23H,2-6,11-16,18,38H2,1H3,(H,29,30)(H,31,35)(H,33,34). The number of nitrogens with zero attached hydrogens (tertiary/aromatic N) is 2. The van der Waals surface area contributed by atoms with Gasteiger partial charge in [-0.1, -0.05) is 12.1 Å². The number of fused-ring (bicyclic) bond motifs is 1. The molecule has 2 heterocycles. The van der Waals surface area contributed by atoms with E-state index >= 15 is 0 Å². The van der Waals surface area contributed by atoms with Gasteiger partial charge in [0.2, 0.25) is 0 Å². The smallest absolute Gasteiger partial charge is 0.408 e. The Balaban J connectivity index is 1.43. The van der Waals surface area contributed by atoms with E-state index in [1.165, 1.54) is 23.8 Å². The Labute approximate surface area is 225 Å². The van der Waals surface area contributed by atoms with Crippen LogP contribution in [0, 0.1) is 5.82 Å². The molecule has 3 N–H and O–H groups in total. The zero-order chi connectivity index (χ0) is 27.3. The van der Waals surface area contributed by atoms with Crippen molar-refractivity contribution in [3.63, 3.8) is 0 Å². The molecule has 38 heavy (non-hydrogen) atoms. The Bertz CT molecular complexity index is 1070. The number of carboxylic acids is 1. The van der Waals surface area contributed by atoms with E-state index in [4.69, 9.17) is 14.5 Å². The van der Waals surface area contributed by atoms with Gasteiger partial charge < -0.3 is 30.1 Å². The summed E-state index contributed by atoms with van der Waals surface area (Å²) in [5.41, 5.74) is 2.97. The number of carbonyl (C=O) groups is 2. The number of carboxylic acid groups (broad SMARTS) is 1. The fourth-order valence-corrected chi connectivity index (χ4v) is 4.64. The summed E-state index contributed by atoms with van der Waals surface area (Å²) in [4.78, 5) is 30.9. The number of halogens is 1. The Hall–Kier alpha value is -2.81. The van der Waals surface area contributed by atoms with Crippen LogP contribution in [0.25, 0.3) is 0 Å². The minimum Gasteiger partial charge on any atom is -0.480 e. The van der Waals surface area contributed by atoms with E-state index in [0.717, 1.165) is 56.7 Å². The summed E-state index contributed by atoms with van der Waals surface area (Å²) < 4.78 is 23.6. The van der Waals surface area contributed by atoms with Gasteiger partial charge in [0.15, 0.2) is 0 Å². The zero-order valence-corrected chi connectivity index (χ0v) is 23.0. The molecule has 208 valence electrons. The number of alkyl carbamates (subject to hydrolysis) is 1. The van der Waals surface area contributed by atoms with Gasteiger partial charge in [-0.25, -0.2) is 19.0 Å². The molecule has 1 aliphatic rings. The zero-order valence-electron chi connectivity index (χ0n) is 21.9. The third-order valence-electron chi connectivity index (χ3n) is 6.51. The average Bonchev–Trinajstić information content (AvgIpc) is 2.90. The van der Waals surface area contributed by atoms with E-state index in [1.807, 2.05) is 0 Å². The summed E-state index contributed by atoms with van der Waals surface area (Å²) in [6, 6.07) is 7.29. The van der Waals surface area contributed by atoms with Crippen molar-refractivity contribution < 1.29 is 28.6 Å². The summed E-state index contributed by atoms with van der Waals surface area (Å²) in [7, 11) is 4.02. The number of hydrogen-bond acceptors (Lipinski definition) is 7. The van der Waals surface area contributed by atoms with E-state index in [0.29, 0.717) is 30.6 Å². The summed E-state index contributed by atoms with van der Waals surface area (Å²) in [6.07, 6.45) is 4.37. The maximum Gasteiger partial charge on any atom is 0.408 e. The number of rotatable bonds is 15. The number of nitrogens with one attached hydrogen (secondary N) is 2. The van der Waals surface area contributed by atoms with Gasteiger partial charge in [0.1, 0.15) is 24.3 Å². The Morgan fingerprint density at radius 2 is 2.08 bits per heavy atom. The molecular formula is C27H38FN4O5P. The van der Waals surface area contributed by atoms with Crippen molar-refractivity contribution in [3.05, 3.63) is 53.0 Å². The van der Waals surface area contributed by atoms with Crippen LogP contribution >= 0.6 is 9.24 Å². The van der Waals surface area contributed by atoms with E-state index in [2.05, 4.69) is 36.9 Å². The van der Waals surface area contributed by atoms with Crippen LogP contribution in [-0.2, 0) is 33.7 Å². The number of carbonyl (C=O) groups excluding carboxylic acids is 1. The highest BCUT2D eigenvalue weighted by Crippen LogP contribution is 2.20. The van der Waals surface area contributed by atoms with Gasteiger partial charge in [0.25, 0.3) is 0 Å². The number of aliphatic carboxylic acids is 1. The predicted octanol–water partition coefficient (Wildman–Crippen LogP) is 3.12. The van der Waals surface area contributed by atoms with Crippen LogP contribution in [0.5, 0.6) is 0 Å². The molecule has 0 bridgehead atoms. The summed E-state index contributed by atoms with van der Waals surface area (Å²) in [6.45, 7) is 3.33. The summed E-state index contributed by atoms with van der Waals surface area (Å²) in [5, 5.41) is 16.0. The second-order valence-electron chi connectivity index (χ2n) is 9.38. The molecule has 0 spiro atoms. The molecule has 0 fully saturated rings. The van der Waals surface area contributed by atoms with E-state index in [9.17, 15) is 19.1 Å². The van der Waals surface area contributed by atoms with Crippen molar-refractivity contribution in [1.29, 1.82) is 0 Å². The molecule has 9 nitrogen and oxygen atoms in total. The lowest BCUT2D eigenvalue weighted by Gasteiger charge is -2.24. The molecule has 0 radical (unpaired) electrons. The quantitative estimate of drug-likeness (QED) is 0.230. The van der Waals surface area contributed by atoms with Crippen LogP contribution in [0.3, 0.4) is 0 Å². The van der Waals surface area contributed by atoms with Crippen molar-refractivity contribution in [1.82, 2.24) is 15.2 Å². The van der Waals surface area contributed by atoms with Crippen molar-refractivity contribution in [3.8, 4) is 0 Å². The number of aryl methyl sites for hydroxylation is 2. The lowest BCUT2D eigenvalue weighted by atomic mass is 10.1. The Morgan fingerprint density at radius 3 is 2.84 bits per heavy atom. The lowest BCUT2D eigenvalue weighted by Crippen LogP contribution is -2.43. The van der Waals surface area contributed by atoms with E-state index in [-0.39, 0.29) is 18.8 Å². The fourth-order valence-electron chi connectivity index (χ4n) is 4.30. The third-order valence-corrected chi connectivity index (χ3v) is 7.05. The van der Waals surface area contributed by atoms with E-state index < -0.39 is 18.1 Å². The normalized spacial score (nSPS) is 13.5. The highest BCUT2D eigenvalue weighted by molar-refractivity contribution is 7.27. The first-order valence-electron chi connectivity index (χ1n) is 13.0. The molecule has 0 saturated heterocycles. The maximum atomic E-state index is 13.3. The molecule has 2 unspecified atom stereocenters. The predicted molar refractivity (Wildman–Crippen MR) is 147 cm³/mol. The number of pyridine rings is 1. The van der Waals surface area contributed by atoms with Gasteiger partial charge in [0.05, 0.1) is 6.61 Å². The van der Waals surface area contributed by atoms with Gasteiger partial charge in [0, 0.05) is 32.4 Å². The van der Waals surface area contributed by atoms with Crippen LogP contribution in [0.15, 0.2) is 30.3 Å². The topological polar surface area (TPSA) is 113 Å². The highest BCUT2D eigenvalue weighted by atomic mass is 31.0. The van der Waals surface area contributed by atoms with Crippen molar-refractivity contribution in [2.75, 3.05) is 45.2 Å². The van der Waals surface area contributed by atoms with Gasteiger partial charge in [-0.3, -0.25) is 0 Å². The molecular weight excluding hydrogens is 510 g/mol. The number of anilines is 1. The number of hydrogen-bond donors (Lipinski definition) is 3. The molecule has 1 aliphatic heterocycles. The summed E-state index contributed by atoms with van der Waals surface area (Å²) >= 11 is 0. The monoisotopic (exact) mass is 548 g/mol. The molecule has 1 aromatic heterocycles. The van der Waals surface area contributed by atoms with Crippen molar-refractivity contribution in [2.45, 2.75) is 51.2 Å². The van der Waals surface area contributed by atoms with Gasteiger partial charge in [-0.05, 0) is 79.7 Å². The van der Waals surface area contributed by atoms with Gasteiger partial charge in [-0.15, -0.1) is 9.24 Å². The number of ether oxygens (including phenoxy) is 2. The van der Waals surface area contributed by atoms with Gasteiger partial charge in [-0.2, -0.15) is 0 Å². The number of amides is 1. The lowest BCUT2D eigenvalue weighted by molar-refractivity contribution is -0.139. The van der Waals surface area contributed by atoms with Crippen LogP contribution in [0.2, 0.25) is 0 Å². The van der Waals surface area contributed by atoms with Crippen LogP contribution < -0.4 is 15.9 Å². The highest BCUT2D eigenvalue weighted by Gasteiger charge is 2.22. The molecule has 3 rings (SSSR count). The molecule has 1 amide bonds. The molecule has 2 atom stereocenters. The minimum absolute atomic E-state index is 0.0909. The van der Waals surface area contributed by atoms with Crippen molar-refractivity contribution in [2.24, 2.45) is 0 Å². The first kappa shape index (κ1) is 29.7. The van der Waals surface area contributed by atoms with Crippen LogP contribution in [-0.4, -0.2) is 73.0 Å². The maximum absolute atomic E-state index is 13.3. The average molecular weight is 549 g/mol. The number of benzene rings is 1. The second kappa shape index (κ2) is 15.6. The SMILES string of the molecule is COCCN(CCCCc1ccc2c(n1)NCCC2)CCC(NC(=O)OCc1ccc(F)cc1P)C(=O)O. The van der Waals surface area contributed by atoms with Crippen LogP contribution in [0.4, 0.5) is 15.0 Å². The van der Waals surface area contributed by atoms with Gasteiger partial charge >= 0.3 is 12.1 Å². The second-order valence-corrected chi connectivity index (χ2v) is 10.00. The number of unbranched alkanes of at least 4 members (excludes halogenated alkanes) is 1.